The standard InChI is InChI=1S/C9H18O.W/c1-8(2)6-5-7-10-9(3)4;/h5,8-9H,1,6-7H2,2-4H3;/q-2;+2. The minimum atomic E-state index is 0. The number of ether oxygens (including phenoxy) is 1. The van der Waals surface area contributed by atoms with Crippen LogP contribution in [0.2, 0.25) is 0 Å². The quantitative estimate of drug-likeness (QED) is 0.557. The Hall–Kier alpha value is 0.648. The first kappa shape index (κ1) is 14.2. The van der Waals surface area contributed by atoms with E-state index in [9.17, 15) is 0 Å². The summed E-state index contributed by atoms with van der Waals surface area (Å²) in [5, 5.41) is 0. The summed E-state index contributed by atoms with van der Waals surface area (Å²) in [6, 6.07) is 0. The van der Waals surface area contributed by atoms with Crippen molar-refractivity contribution in [3.8, 4) is 0 Å². The summed E-state index contributed by atoms with van der Waals surface area (Å²) in [6.07, 6.45) is 3.53. The van der Waals surface area contributed by atoms with Crippen molar-refractivity contribution in [1.29, 1.82) is 0 Å². The number of rotatable bonds is 5. The third kappa shape index (κ3) is 13.6. The van der Waals surface area contributed by atoms with Crippen LogP contribution in [0.25, 0.3) is 0 Å². The molecule has 0 bridgehead atoms. The Morgan fingerprint density at radius 2 is 1.91 bits per heavy atom. The third-order valence-corrected chi connectivity index (χ3v) is 1.12. The molecule has 0 rings (SSSR count). The molecule has 0 heterocycles. The molecule has 0 N–H and O–H groups in total. The second-order valence-electron chi connectivity index (χ2n) is 3.01. The van der Waals surface area contributed by atoms with Gasteiger partial charge in [0.05, 0.1) is 0 Å². The Balaban J connectivity index is 0. The predicted molar refractivity (Wildman–Crippen MR) is 44.5 cm³/mol. The van der Waals surface area contributed by atoms with E-state index in [-0.39, 0.29) is 21.1 Å². The molecular weight excluding hydrogens is 308 g/mol. The molecule has 11 heavy (non-hydrogen) atoms. The SMILES string of the molecule is [CH2-]C(C)C[CH-]COC(C)C.[W+2]. The molecule has 0 aromatic rings. The van der Waals surface area contributed by atoms with Gasteiger partial charge in [0.25, 0.3) is 0 Å². The van der Waals surface area contributed by atoms with Crippen molar-refractivity contribution in [3.63, 3.8) is 0 Å². The van der Waals surface area contributed by atoms with Gasteiger partial charge in [-0.2, -0.15) is 5.92 Å². The third-order valence-electron chi connectivity index (χ3n) is 1.12. The summed E-state index contributed by atoms with van der Waals surface area (Å²) in [6.45, 7) is 10.8. The van der Waals surface area contributed by atoms with Gasteiger partial charge >= 0.3 is 21.1 Å². The van der Waals surface area contributed by atoms with Crippen molar-refractivity contribution in [2.45, 2.75) is 33.3 Å². The second-order valence-corrected chi connectivity index (χ2v) is 3.01. The smallest absolute Gasteiger partial charge is 0.411 e. The minimum absolute atomic E-state index is 0. The zero-order valence-electron chi connectivity index (χ0n) is 7.67. The Labute approximate surface area is 85.2 Å². The molecule has 0 aromatic carbocycles. The first-order valence-corrected chi connectivity index (χ1v) is 3.89. The van der Waals surface area contributed by atoms with E-state index in [0.717, 1.165) is 13.0 Å². The van der Waals surface area contributed by atoms with Gasteiger partial charge in [0.2, 0.25) is 0 Å². The van der Waals surface area contributed by atoms with Crippen LogP contribution in [0.5, 0.6) is 0 Å². The van der Waals surface area contributed by atoms with Gasteiger partial charge < -0.3 is 18.1 Å². The van der Waals surface area contributed by atoms with Gasteiger partial charge in [-0.3, -0.25) is 0 Å². The molecule has 1 nitrogen and oxygen atoms in total. The van der Waals surface area contributed by atoms with Crippen molar-refractivity contribution in [1.82, 2.24) is 0 Å². The molecule has 1 atom stereocenters. The summed E-state index contributed by atoms with van der Waals surface area (Å²) in [5.74, 6) is 0.510. The topological polar surface area (TPSA) is 9.23 Å². The maximum atomic E-state index is 5.31. The van der Waals surface area contributed by atoms with Crippen LogP contribution in [0.3, 0.4) is 0 Å². The van der Waals surface area contributed by atoms with Gasteiger partial charge in [-0.05, 0) is 13.8 Å². The molecule has 0 aliphatic rings. The summed E-state index contributed by atoms with van der Waals surface area (Å²) in [7, 11) is 0. The molecule has 0 aliphatic carbocycles. The van der Waals surface area contributed by atoms with Crippen molar-refractivity contribution in [2.24, 2.45) is 5.92 Å². The van der Waals surface area contributed by atoms with Gasteiger partial charge in [-0.1, -0.05) is 13.5 Å². The molecule has 1 unspecified atom stereocenters. The van der Waals surface area contributed by atoms with E-state index >= 15 is 0 Å². The summed E-state index contributed by atoms with van der Waals surface area (Å²) in [4.78, 5) is 0. The molecule has 0 amide bonds. The molecule has 2 heteroatoms. The van der Waals surface area contributed by atoms with Crippen LogP contribution in [0, 0.1) is 19.3 Å². The first-order chi connectivity index (χ1) is 4.63. The maximum Gasteiger partial charge on any atom is 2.00 e. The van der Waals surface area contributed by atoms with Crippen LogP contribution in [0.4, 0.5) is 0 Å². The molecule has 0 saturated heterocycles. The van der Waals surface area contributed by atoms with Crippen LogP contribution in [0.1, 0.15) is 27.2 Å². The number of hydrogen-bond donors (Lipinski definition) is 0. The average molecular weight is 326 g/mol. The van der Waals surface area contributed by atoms with Gasteiger partial charge in [-0.25, -0.2) is 6.42 Å². The fraction of sp³-hybridized carbons (Fsp3) is 0.778. The van der Waals surface area contributed by atoms with Crippen LogP contribution < -0.4 is 0 Å². The Morgan fingerprint density at radius 3 is 2.27 bits per heavy atom. The van der Waals surface area contributed by atoms with E-state index in [2.05, 4.69) is 20.3 Å². The van der Waals surface area contributed by atoms with E-state index < -0.39 is 0 Å². The molecule has 0 aromatic heterocycles. The Bertz CT molecular complexity index is 62.0. The number of hydrogen-bond acceptors (Lipinski definition) is 1. The van der Waals surface area contributed by atoms with E-state index in [1.807, 2.05) is 13.8 Å². The fourth-order valence-electron chi connectivity index (χ4n) is 0.613. The van der Waals surface area contributed by atoms with Gasteiger partial charge in [0, 0.05) is 6.10 Å². The fourth-order valence-corrected chi connectivity index (χ4v) is 0.613. The molecule has 66 valence electrons. The zero-order valence-corrected chi connectivity index (χ0v) is 10.6. The zero-order chi connectivity index (χ0) is 7.98. The Kier molecular flexibility index (Phi) is 11.3. The monoisotopic (exact) mass is 326 g/mol. The van der Waals surface area contributed by atoms with Crippen molar-refractivity contribution in [2.75, 3.05) is 6.61 Å². The maximum absolute atomic E-state index is 5.31. The van der Waals surface area contributed by atoms with Crippen LogP contribution in [-0.2, 0) is 25.8 Å². The summed E-state index contributed by atoms with van der Waals surface area (Å²) in [5.41, 5.74) is 0. The van der Waals surface area contributed by atoms with Gasteiger partial charge in [0.1, 0.15) is 0 Å². The second kappa shape index (κ2) is 8.74. The first-order valence-electron chi connectivity index (χ1n) is 3.89. The molecular formula is C9H18OW. The predicted octanol–water partition coefficient (Wildman–Crippen LogP) is 2.47. The molecule has 0 saturated carbocycles. The molecule has 0 fully saturated rings. The Morgan fingerprint density at radius 1 is 1.36 bits per heavy atom. The molecule has 0 radical (unpaired) electrons. The molecule has 0 spiro atoms. The minimum Gasteiger partial charge on any atom is -0.411 e. The molecule has 0 aliphatic heterocycles. The van der Waals surface area contributed by atoms with Crippen molar-refractivity contribution in [3.05, 3.63) is 13.3 Å². The van der Waals surface area contributed by atoms with Gasteiger partial charge in [0.15, 0.2) is 0 Å². The van der Waals surface area contributed by atoms with Crippen molar-refractivity contribution >= 4 is 0 Å². The largest absolute Gasteiger partial charge is 2.00 e. The van der Waals surface area contributed by atoms with Gasteiger partial charge in [-0.15, -0.1) is 0 Å². The van der Waals surface area contributed by atoms with Crippen LogP contribution in [0.15, 0.2) is 0 Å². The van der Waals surface area contributed by atoms with E-state index in [1.165, 1.54) is 0 Å². The van der Waals surface area contributed by atoms with Crippen LogP contribution in [-0.4, -0.2) is 12.7 Å². The summed E-state index contributed by atoms with van der Waals surface area (Å²) < 4.78 is 5.31. The average Bonchev–Trinajstić information content (AvgIpc) is 1.79. The van der Waals surface area contributed by atoms with Crippen LogP contribution >= 0.6 is 0 Å². The summed E-state index contributed by atoms with van der Waals surface area (Å²) >= 11 is 0. The van der Waals surface area contributed by atoms with E-state index in [0.29, 0.717) is 12.0 Å². The van der Waals surface area contributed by atoms with E-state index in [1.54, 1.807) is 0 Å². The van der Waals surface area contributed by atoms with Crippen molar-refractivity contribution < 1.29 is 25.8 Å². The normalized spacial score (nSPS) is 12.8. The van der Waals surface area contributed by atoms with E-state index in [4.69, 9.17) is 4.74 Å².